The topological polar surface area (TPSA) is 237 Å². The second-order valence-electron chi connectivity index (χ2n) is 28.8. The largest absolute Gasteiger partial charge is 0.472 e. The fraction of sp³-hybridized carbons (Fsp3) is 0.950. The predicted molar refractivity (Wildman–Crippen MR) is 405 cm³/mol. The first-order valence-corrected chi connectivity index (χ1v) is 44.8. The number of esters is 4. The van der Waals surface area contributed by atoms with E-state index < -0.39 is 97.5 Å². The number of ether oxygens (including phenoxy) is 4. The number of carbonyl (C=O) groups is 4. The standard InChI is InChI=1S/C80H156O17P2/c1-5-9-13-17-21-25-29-32-35-37-38-39-41-44-47-51-55-59-63-67-80(85)97-76(71-91-78(83)65-61-57-53-49-45-43-40-36-33-30-26-22-18-14-10-6-2)73-95-99(88,89)93-69-74(81)68-92-98(86,87)94-72-75(70-90-77(82)64-60-56-52-48-28-24-20-16-12-8-4)96-79(84)66-62-58-54-50-46-42-34-31-27-23-19-15-11-7-3/h74-76,81H,5-73H2,1-4H3,(H,86,87)(H,88,89)/t74-,75+,76+/m0/s1. The minimum Gasteiger partial charge on any atom is -0.462 e. The third-order valence-electron chi connectivity index (χ3n) is 18.9. The summed E-state index contributed by atoms with van der Waals surface area (Å²) in [4.78, 5) is 73.0. The molecule has 17 nitrogen and oxygen atoms in total. The van der Waals surface area contributed by atoms with E-state index >= 15 is 0 Å². The van der Waals surface area contributed by atoms with Gasteiger partial charge in [-0.2, -0.15) is 0 Å². The van der Waals surface area contributed by atoms with Crippen molar-refractivity contribution in [2.45, 2.75) is 451 Å². The molecule has 0 bridgehead atoms. The van der Waals surface area contributed by atoms with Crippen LogP contribution in [0.5, 0.6) is 0 Å². The van der Waals surface area contributed by atoms with Crippen LogP contribution in [0, 0.1) is 0 Å². The Morgan fingerprint density at radius 3 is 0.596 bits per heavy atom. The smallest absolute Gasteiger partial charge is 0.462 e. The minimum atomic E-state index is -4.96. The second-order valence-corrected chi connectivity index (χ2v) is 31.7. The van der Waals surface area contributed by atoms with Crippen LogP contribution in [0.4, 0.5) is 0 Å². The summed E-state index contributed by atoms with van der Waals surface area (Å²) in [6, 6.07) is 0. The molecule has 0 saturated carbocycles. The Balaban J connectivity index is 5.23. The van der Waals surface area contributed by atoms with Crippen LogP contribution in [0.3, 0.4) is 0 Å². The van der Waals surface area contributed by atoms with Gasteiger partial charge in [0.05, 0.1) is 26.4 Å². The van der Waals surface area contributed by atoms with Gasteiger partial charge in [-0.05, 0) is 25.7 Å². The number of hydrogen-bond acceptors (Lipinski definition) is 15. The highest BCUT2D eigenvalue weighted by Gasteiger charge is 2.30. The molecule has 99 heavy (non-hydrogen) atoms. The van der Waals surface area contributed by atoms with E-state index in [9.17, 15) is 43.2 Å². The van der Waals surface area contributed by atoms with Crippen molar-refractivity contribution < 1.29 is 80.2 Å². The number of phosphoric ester groups is 2. The van der Waals surface area contributed by atoms with Gasteiger partial charge in [-0.15, -0.1) is 0 Å². The van der Waals surface area contributed by atoms with Gasteiger partial charge in [0, 0.05) is 25.7 Å². The van der Waals surface area contributed by atoms with Crippen molar-refractivity contribution >= 4 is 39.5 Å². The predicted octanol–water partition coefficient (Wildman–Crippen LogP) is 24.2. The number of unbranched alkanes of at least 4 members (excludes halogenated alkanes) is 55. The van der Waals surface area contributed by atoms with E-state index in [4.69, 9.17) is 37.0 Å². The van der Waals surface area contributed by atoms with Crippen LogP contribution in [0.1, 0.15) is 432 Å². The van der Waals surface area contributed by atoms with Crippen LogP contribution in [-0.2, 0) is 65.4 Å². The monoisotopic (exact) mass is 1450 g/mol. The first kappa shape index (κ1) is 97.1. The number of carbonyl (C=O) groups excluding carboxylic acids is 4. The molecule has 0 aromatic rings. The number of rotatable bonds is 81. The van der Waals surface area contributed by atoms with Crippen molar-refractivity contribution in [2.24, 2.45) is 0 Å². The van der Waals surface area contributed by atoms with Crippen LogP contribution in [0.15, 0.2) is 0 Å². The van der Waals surface area contributed by atoms with Gasteiger partial charge in [0.2, 0.25) is 0 Å². The summed E-state index contributed by atoms with van der Waals surface area (Å²) >= 11 is 0. The highest BCUT2D eigenvalue weighted by Crippen LogP contribution is 2.45. The van der Waals surface area contributed by atoms with E-state index in [1.54, 1.807) is 0 Å². The zero-order valence-corrected chi connectivity index (χ0v) is 66.3. The summed E-state index contributed by atoms with van der Waals surface area (Å²) in [7, 11) is -9.91. The van der Waals surface area contributed by atoms with Crippen LogP contribution < -0.4 is 0 Å². The van der Waals surface area contributed by atoms with Crippen molar-refractivity contribution in [3.8, 4) is 0 Å². The zero-order chi connectivity index (χ0) is 72.5. The Bertz CT molecular complexity index is 1880. The third kappa shape index (κ3) is 74.1. The molecular formula is C80H156O17P2. The van der Waals surface area contributed by atoms with Crippen LogP contribution in [0.2, 0.25) is 0 Å². The van der Waals surface area contributed by atoms with Gasteiger partial charge in [0.1, 0.15) is 19.3 Å². The lowest BCUT2D eigenvalue weighted by atomic mass is 10.0. The van der Waals surface area contributed by atoms with Gasteiger partial charge in [0.15, 0.2) is 12.2 Å². The van der Waals surface area contributed by atoms with E-state index in [0.29, 0.717) is 25.7 Å². The van der Waals surface area contributed by atoms with Gasteiger partial charge in [0.25, 0.3) is 0 Å². The van der Waals surface area contributed by atoms with Gasteiger partial charge in [-0.25, -0.2) is 9.13 Å². The van der Waals surface area contributed by atoms with Gasteiger partial charge < -0.3 is 33.8 Å². The summed E-state index contributed by atoms with van der Waals surface area (Å²) in [5.41, 5.74) is 0. The molecule has 5 atom stereocenters. The highest BCUT2D eigenvalue weighted by molar-refractivity contribution is 7.47. The lowest BCUT2D eigenvalue weighted by Crippen LogP contribution is -2.30. The van der Waals surface area contributed by atoms with E-state index in [2.05, 4.69) is 27.7 Å². The molecule has 0 amide bonds. The third-order valence-corrected chi connectivity index (χ3v) is 20.8. The molecule has 0 fully saturated rings. The van der Waals surface area contributed by atoms with Crippen LogP contribution >= 0.6 is 15.6 Å². The molecule has 588 valence electrons. The molecule has 19 heteroatoms. The Hall–Kier alpha value is -1.94. The Morgan fingerprint density at radius 2 is 0.404 bits per heavy atom. The maximum absolute atomic E-state index is 13.1. The highest BCUT2D eigenvalue weighted by atomic mass is 31.2. The lowest BCUT2D eigenvalue weighted by molar-refractivity contribution is -0.161. The van der Waals surface area contributed by atoms with E-state index in [1.165, 1.54) is 263 Å². The molecule has 0 aliphatic carbocycles. The van der Waals surface area contributed by atoms with Crippen molar-refractivity contribution in [3.63, 3.8) is 0 Å². The second kappa shape index (κ2) is 74.3. The molecule has 0 aromatic heterocycles. The Kier molecular flexibility index (Phi) is 72.9. The first-order chi connectivity index (χ1) is 48.2. The Morgan fingerprint density at radius 1 is 0.242 bits per heavy atom. The summed E-state index contributed by atoms with van der Waals surface area (Å²) in [6.45, 7) is 5.02. The molecule has 0 saturated heterocycles. The Labute approximate surface area is 607 Å². The van der Waals surface area contributed by atoms with Crippen LogP contribution in [-0.4, -0.2) is 96.7 Å². The normalized spacial score (nSPS) is 13.8. The summed E-state index contributed by atoms with van der Waals surface area (Å²) < 4.78 is 68.7. The molecule has 0 radical (unpaired) electrons. The molecule has 0 spiro atoms. The SMILES string of the molecule is CCCCCCCCCCCCCCCCCCCCCC(=O)O[C@H](COC(=O)CCCCCCCCCCCCCCCCCC)COP(=O)(O)OC[C@@H](O)COP(=O)(O)OC[C@@H](COC(=O)CCCCCCCCCCCC)OC(=O)CCCCCCCCCCCCCCCC. The maximum Gasteiger partial charge on any atom is 0.472 e. The summed E-state index contributed by atoms with van der Waals surface area (Å²) in [5, 5.41) is 10.6. The van der Waals surface area contributed by atoms with Crippen molar-refractivity contribution in [2.75, 3.05) is 39.6 Å². The van der Waals surface area contributed by atoms with Gasteiger partial charge in [-0.1, -0.05) is 381 Å². The number of phosphoric acid groups is 2. The molecule has 0 aliphatic heterocycles. The number of aliphatic hydroxyl groups is 1. The summed E-state index contributed by atoms with van der Waals surface area (Å²) in [6.07, 6.45) is 66.5. The van der Waals surface area contributed by atoms with Crippen molar-refractivity contribution in [1.82, 2.24) is 0 Å². The molecule has 0 aromatic carbocycles. The fourth-order valence-corrected chi connectivity index (χ4v) is 14.0. The first-order valence-electron chi connectivity index (χ1n) is 41.8. The molecular weight excluding hydrogens is 1290 g/mol. The maximum atomic E-state index is 13.1. The average molecular weight is 1450 g/mol. The molecule has 0 heterocycles. The average Bonchev–Trinajstić information content (AvgIpc) is 1.13. The van der Waals surface area contributed by atoms with E-state index in [0.717, 1.165) is 89.9 Å². The summed E-state index contributed by atoms with van der Waals surface area (Å²) in [5.74, 6) is -2.10. The molecule has 2 unspecified atom stereocenters. The van der Waals surface area contributed by atoms with E-state index in [1.807, 2.05) is 0 Å². The van der Waals surface area contributed by atoms with Crippen molar-refractivity contribution in [3.05, 3.63) is 0 Å². The minimum absolute atomic E-state index is 0.109. The van der Waals surface area contributed by atoms with Gasteiger partial charge >= 0.3 is 39.5 Å². The van der Waals surface area contributed by atoms with Gasteiger partial charge in [-0.3, -0.25) is 37.3 Å². The van der Waals surface area contributed by atoms with Crippen LogP contribution in [0.25, 0.3) is 0 Å². The quantitative estimate of drug-likeness (QED) is 0.0222. The lowest BCUT2D eigenvalue weighted by Gasteiger charge is -2.21. The molecule has 3 N–H and O–H groups in total. The zero-order valence-electron chi connectivity index (χ0n) is 64.5. The fourth-order valence-electron chi connectivity index (χ4n) is 12.5. The van der Waals surface area contributed by atoms with E-state index in [-0.39, 0.29) is 25.7 Å². The molecule has 0 rings (SSSR count). The number of hydrogen-bond donors (Lipinski definition) is 3. The molecule has 0 aliphatic rings. The van der Waals surface area contributed by atoms with Crippen molar-refractivity contribution in [1.29, 1.82) is 0 Å². The number of aliphatic hydroxyl groups excluding tert-OH is 1.